The first kappa shape index (κ1) is 22.3. The Bertz CT molecular complexity index is 636. The predicted octanol–water partition coefficient (Wildman–Crippen LogP) is 3.23. The molecule has 0 aromatic heterocycles. The molecule has 6 nitrogen and oxygen atoms in total. The monoisotopic (exact) mass is 410 g/mol. The fourth-order valence-corrected chi connectivity index (χ4v) is 3.77. The average Bonchev–Trinajstić information content (AvgIpc) is 2.70. The fraction of sp³-hybridized carbons (Fsp3) is 0.600. The zero-order chi connectivity index (χ0) is 20.2. The molecule has 1 aliphatic heterocycles. The zero-order valence-corrected chi connectivity index (χ0v) is 17.6. The third-order valence-electron chi connectivity index (χ3n) is 4.43. The van der Waals surface area contributed by atoms with Gasteiger partial charge in [0.2, 0.25) is 0 Å². The van der Waals surface area contributed by atoms with Crippen LogP contribution in [0.5, 0.6) is 0 Å². The van der Waals surface area contributed by atoms with E-state index in [4.69, 9.17) is 4.74 Å². The van der Waals surface area contributed by atoms with Crippen molar-refractivity contribution in [1.29, 1.82) is 0 Å². The maximum atomic E-state index is 13.6. The van der Waals surface area contributed by atoms with Gasteiger partial charge in [-0.3, -0.25) is 4.99 Å². The summed E-state index contributed by atoms with van der Waals surface area (Å²) in [6.45, 7) is 7.09. The summed E-state index contributed by atoms with van der Waals surface area (Å²) < 4.78 is 18.7. The smallest absolute Gasteiger partial charge is 0.409 e. The lowest BCUT2D eigenvalue weighted by Crippen LogP contribution is -2.50. The number of amides is 1. The van der Waals surface area contributed by atoms with Gasteiger partial charge in [-0.2, -0.15) is 11.8 Å². The first-order valence-electron chi connectivity index (χ1n) is 9.91. The third kappa shape index (κ3) is 7.58. The number of benzene rings is 1. The van der Waals surface area contributed by atoms with E-state index in [1.807, 2.05) is 26.0 Å². The van der Waals surface area contributed by atoms with Crippen LogP contribution in [0.25, 0.3) is 0 Å². The largest absolute Gasteiger partial charge is 0.450 e. The molecular formula is C20H31FN4O2S. The van der Waals surface area contributed by atoms with Gasteiger partial charge in [0.15, 0.2) is 5.96 Å². The number of hydrogen-bond acceptors (Lipinski definition) is 4. The molecule has 1 saturated heterocycles. The number of carbonyl (C=O) groups is 1. The second-order valence-corrected chi connectivity index (χ2v) is 7.61. The minimum atomic E-state index is -0.228. The van der Waals surface area contributed by atoms with Crippen LogP contribution in [0.4, 0.5) is 9.18 Å². The SMILES string of the molecule is CCNC(=NCCSCc1ccccc1F)NC1CCN(C(=O)OCC)CC1. The normalized spacial score (nSPS) is 15.4. The highest BCUT2D eigenvalue weighted by Crippen LogP contribution is 2.15. The molecule has 0 radical (unpaired) electrons. The first-order valence-corrected chi connectivity index (χ1v) is 11.1. The molecule has 2 rings (SSSR count). The van der Waals surface area contributed by atoms with Gasteiger partial charge in [0.1, 0.15) is 5.82 Å². The molecule has 0 bridgehead atoms. The van der Waals surface area contributed by atoms with Crippen molar-refractivity contribution in [3.05, 3.63) is 35.6 Å². The quantitative estimate of drug-likeness (QED) is 0.391. The lowest BCUT2D eigenvalue weighted by molar-refractivity contribution is 0.0963. The first-order chi connectivity index (χ1) is 13.6. The Kier molecular flexibility index (Phi) is 9.96. The van der Waals surface area contributed by atoms with Crippen molar-refractivity contribution >= 4 is 23.8 Å². The molecule has 0 saturated carbocycles. The van der Waals surface area contributed by atoms with Crippen LogP contribution < -0.4 is 10.6 Å². The lowest BCUT2D eigenvalue weighted by atomic mass is 10.1. The Morgan fingerprint density at radius 1 is 1.32 bits per heavy atom. The van der Waals surface area contributed by atoms with Gasteiger partial charge in [0.25, 0.3) is 0 Å². The Labute approximate surface area is 171 Å². The van der Waals surface area contributed by atoms with Gasteiger partial charge in [-0.15, -0.1) is 0 Å². The average molecular weight is 411 g/mol. The maximum absolute atomic E-state index is 13.6. The van der Waals surface area contributed by atoms with E-state index in [-0.39, 0.29) is 18.0 Å². The number of thioether (sulfide) groups is 1. The number of aliphatic imine (C=N–C) groups is 1. The van der Waals surface area contributed by atoms with Gasteiger partial charge in [0, 0.05) is 37.2 Å². The van der Waals surface area contributed by atoms with Gasteiger partial charge < -0.3 is 20.3 Å². The Hall–Kier alpha value is -1.96. The molecule has 2 N–H and O–H groups in total. The highest BCUT2D eigenvalue weighted by atomic mass is 32.2. The van der Waals surface area contributed by atoms with Crippen molar-refractivity contribution in [2.75, 3.05) is 38.5 Å². The fourth-order valence-electron chi connectivity index (χ4n) is 2.95. The summed E-state index contributed by atoms with van der Waals surface area (Å²) in [5, 5.41) is 6.72. The number of likely N-dealkylation sites (tertiary alicyclic amines) is 1. The number of hydrogen-bond donors (Lipinski definition) is 2. The maximum Gasteiger partial charge on any atom is 0.409 e. The number of nitrogens with one attached hydrogen (secondary N) is 2. The van der Waals surface area contributed by atoms with Crippen LogP contribution in [0.2, 0.25) is 0 Å². The number of halogens is 1. The number of rotatable bonds is 8. The number of nitrogens with zero attached hydrogens (tertiary/aromatic N) is 2. The van der Waals surface area contributed by atoms with Crippen LogP contribution in [0, 0.1) is 5.82 Å². The molecule has 1 aromatic carbocycles. The molecule has 0 aliphatic carbocycles. The highest BCUT2D eigenvalue weighted by Gasteiger charge is 2.23. The summed E-state index contributed by atoms with van der Waals surface area (Å²) in [5.41, 5.74) is 0.731. The van der Waals surface area contributed by atoms with Crippen molar-refractivity contribution in [1.82, 2.24) is 15.5 Å². The Morgan fingerprint density at radius 3 is 2.75 bits per heavy atom. The summed E-state index contributed by atoms with van der Waals surface area (Å²) in [7, 11) is 0. The van der Waals surface area contributed by atoms with Crippen molar-refractivity contribution < 1.29 is 13.9 Å². The molecule has 1 fully saturated rings. The number of ether oxygens (including phenoxy) is 1. The molecule has 1 amide bonds. The molecule has 0 atom stereocenters. The van der Waals surface area contributed by atoms with Crippen LogP contribution in [0.3, 0.4) is 0 Å². The summed E-state index contributed by atoms with van der Waals surface area (Å²) in [5.74, 6) is 2.12. The third-order valence-corrected chi connectivity index (χ3v) is 5.41. The standard InChI is InChI=1S/C20H31FN4O2S/c1-3-22-19(23-11-14-28-15-16-7-5-6-8-18(16)21)24-17-9-12-25(13-10-17)20(26)27-4-2/h5-8,17H,3-4,9-15H2,1-2H3,(H2,22,23,24). The minimum Gasteiger partial charge on any atom is -0.450 e. The number of carbonyl (C=O) groups excluding carboxylic acids is 1. The molecule has 156 valence electrons. The topological polar surface area (TPSA) is 66.0 Å². The van der Waals surface area contributed by atoms with Gasteiger partial charge in [0.05, 0.1) is 13.2 Å². The molecular weight excluding hydrogens is 379 g/mol. The van der Waals surface area contributed by atoms with E-state index in [9.17, 15) is 9.18 Å². The zero-order valence-electron chi connectivity index (χ0n) is 16.7. The molecule has 1 heterocycles. The second-order valence-electron chi connectivity index (χ2n) is 6.51. The lowest BCUT2D eigenvalue weighted by Gasteiger charge is -2.32. The summed E-state index contributed by atoms with van der Waals surface area (Å²) in [6, 6.07) is 7.17. The predicted molar refractivity (Wildman–Crippen MR) is 113 cm³/mol. The van der Waals surface area contributed by atoms with Crippen molar-refractivity contribution in [2.45, 2.75) is 38.5 Å². The van der Waals surface area contributed by atoms with Gasteiger partial charge in [-0.25, -0.2) is 9.18 Å². The van der Waals surface area contributed by atoms with E-state index in [0.29, 0.717) is 32.0 Å². The summed E-state index contributed by atoms with van der Waals surface area (Å²) >= 11 is 1.67. The van der Waals surface area contributed by atoms with Crippen molar-refractivity contribution in [3.63, 3.8) is 0 Å². The van der Waals surface area contributed by atoms with Crippen molar-refractivity contribution in [2.24, 2.45) is 4.99 Å². The van der Waals surface area contributed by atoms with E-state index < -0.39 is 0 Å². The molecule has 1 aromatic rings. The molecule has 1 aliphatic rings. The second kappa shape index (κ2) is 12.5. The van der Waals surface area contributed by atoms with Crippen LogP contribution in [-0.2, 0) is 10.5 Å². The van der Waals surface area contributed by atoms with E-state index in [2.05, 4.69) is 15.6 Å². The molecule has 0 spiro atoms. The molecule has 28 heavy (non-hydrogen) atoms. The van der Waals surface area contributed by atoms with Gasteiger partial charge >= 0.3 is 6.09 Å². The van der Waals surface area contributed by atoms with Gasteiger partial charge in [-0.05, 0) is 38.3 Å². The van der Waals surface area contributed by atoms with Crippen LogP contribution in [0.15, 0.2) is 29.3 Å². The van der Waals surface area contributed by atoms with E-state index in [1.165, 1.54) is 6.07 Å². The number of piperidine rings is 1. The Morgan fingerprint density at radius 2 is 2.07 bits per heavy atom. The molecule has 8 heteroatoms. The highest BCUT2D eigenvalue weighted by molar-refractivity contribution is 7.98. The minimum absolute atomic E-state index is 0.150. The van der Waals surface area contributed by atoms with E-state index in [0.717, 1.165) is 36.7 Å². The van der Waals surface area contributed by atoms with E-state index in [1.54, 1.807) is 22.7 Å². The summed E-state index contributed by atoms with van der Waals surface area (Å²) in [4.78, 5) is 18.2. The van der Waals surface area contributed by atoms with Gasteiger partial charge in [-0.1, -0.05) is 18.2 Å². The number of guanidine groups is 1. The Balaban J connectivity index is 1.72. The molecule has 0 unspecified atom stereocenters. The van der Waals surface area contributed by atoms with Crippen molar-refractivity contribution in [3.8, 4) is 0 Å². The van der Waals surface area contributed by atoms with Crippen LogP contribution >= 0.6 is 11.8 Å². The van der Waals surface area contributed by atoms with Crippen LogP contribution in [-0.4, -0.2) is 61.5 Å². The summed E-state index contributed by atoms with van der Waals surface area (Å²) in [6.07, 6.45) is 1.50. The van der Waals surface area contributed by atoms with E-state index >= 15 is 0 Å². The van der Waals surface area contributed by atoms with Crippen LogP contribution in [0.1, 0.15) is 32.3 Å².